The second-order valence-electron chi connectivity index (χ2n) is 11.2. The molecule has 0 radical (unpaired) electrons. The van der Waals surface area contributed by atoms with E-state index in [0.717, 1.165) is 51.4 Å². The normalized spacial score (nSPS) is 12.2. The molecule has 0 aromatic rings. The second-order valence-corrected chi connectivity index (χ2v) is 11.2. The molecule has 0 aliphatic carbocycles. The minimum Gasteiger partial charge on any atom is -0.393 e. The molecule has 234 valence electrons. The van der Waals surface area contributed by atoms with Gasteiger partial charge in [0.25, 0.3) is 0 Å². The van der Waals surface area contributed by atoms with Gasteiger partial charge in [-0.1, -0.05) is 139 Å². The van der Waals surface area contributed by atoms with E-state index in [2.05, 4.69) is 74.6 Å². The number of allylic oxidation sites excluding steroid dienone is 10. The highest BCUT2D eigenvalue weighted by molar-refractivity contribution is 5.85. The molecule has 0 aromatic heterocycles. The van der Waals surface area contributed by atoms with Gasteiger partial charge in [-0.2, -0.15) is 0 Å². The summed E-state index contributed by atoms with van der Waals surface area (Å²) in [5.74, 6) is -0.760. The first kappa shape index (κ1) is 38.8. The molecule has 0 saturated carbocycles. The summed E-state index contributed by atoms with van der Waals surface area (Å²) in [6, 6.07) is 0. The Morgan fingerprint density at radius 2 is 0.707 bits per heavy atom. The molecule has 0 N–H and O–H groups in total. The first-order chi connectivity index (χ1) is 20.2. The zero-order valence-corrected chi connectivity index (χ0v) is 27.0. The maximum atomic E-state index is 11.9. The SMILES string of the molecule is CCCCCC=CCC=CCC=CCC=CCCCC(=O)OC(=O)CCCCCCC/C=C\CCCCCCCC. The third-order valence-corrected chi connectivity index (χ3v) is 7.08. The van der Waals surface area contributed by atoms with E-state index in [1.807, 2.05) is 0 Å². The van der Waals surface area contributed by atoms with Crippen molar-refractivity contribution in [1.29, 1.82) is 0 Å². The van der Waals surface area contributed by atoms with Gasteiger partial charge in [-0.25, -0.2) is 0 Å². The molecule has 3 heteroatoms. The molecule has 0 rings (SSSR count). The lowest BCUT2D eigenvalue weighted by Crippen LogP contribution is -2.11. The molecule has 0 heterocycles. The number of rotatable bonds is 29. The van der Waals surface area contributed by atoms with Crippen molar-refractivity contribution in [3.8, 4) is 0 Å². The molecule has 0 aliphatic heterocycles. The van der Waals surface area contributed by atoms with Crippen LogP contribution in [0.5, 0.6) is 0 Å². The molecule has 0 saturated heterocycles. The summed E-state index contributed by atoms with van der Waals surface area (Å²) in [6.07, 6.45) is 48.4. The number of carbonyl (C=O) groups is 2. The third-order valence-electron chi connectivity index (χ3n) is 7.08. The van der Waals surface area contributed by atoms with E-state index in [1.54, 1.807) is 0 Å². The summed E-state index contributed by atoms with van der Waals surface area (Å²) >= 11 is 0. The highest BCUT2D eigenvalue weighted by atomic mass is 16.6. The van der Waals surface area contributed by atoms with Crippen LogP contribution in [-0.4, -0.2) is 11.9 Å². The van der Waals surface area contributed by atoms with Crippen LogP contribution >= 0.6 is 0 Å². The Morgan fingerprint density at radius 1 is 0.390 bits per heavy atom. The van der Waals surface area contributed by atoms with Crippen molar-refractivity contribution in [1.82, 2.24) is 0 Å². The molecule has 0 fully saturated rings. The van der Waals surface area contributed by atoms with Crippen molar-refractivity contribution in [2.45, 2.75) is 168 Å². The minimum atomic E-state index is -0.390. The highest BCUT2D eigenvalue weighted by Crippen LogP contribution is 2.11. The third kappa shape index (κ3) is 33.9. The summed E-state index contributed by atoms with van der Waals surface area (Å²) in [5.41, 5.74) is 0. The number of carbonyl (C=O) groups excluding carboxylic acids is 2. The topological polar surface area (TPSA) is 43.4 Å². The van der Waals surface area contributed by atoms with E-state index < -0.39 is 5.97 Å². The summed E-state index contributed by atoms with van der Waals surface area (Å²) in [5, 5.41) is 0. The predicted octanol–water partition coefficient (Wildman–Crippen LogP) is 12.2. The van der Waals surface area contributed by atoms with Crippen LogP contribution in [0.3, 0.4) is 0 Å². The Balaban J connectivity index is 3.51. The Morgan fingerprint density at radius 3 is 1.22 bits per heavy atom. The van der Waals surface area contributed by atoms with Crippen molar-refractivity contribution < 1.29 is 14.3 Å². The van der Waals surface area contributed by atoms with E-state index in [1.165, 1.54) is 83.5 Å². The molecule has 3 nitrogen and oxygen atoms in total. The Bertz CT molecular complexity index is 726. The van der Waals surface area contributed by atoms with E-state index in [9.17, 15) is 9.59 Å². The van der Waals surface area contributed by atoms with Gasteiger partial charge in [-0.3, -0.25) is 9.59 Å². The van der Waals surface area contributed by atoms with Crippen LogP contribution in [0.25, 0.3) is 0 Å². The van der Waals surface area contributed by atoms with Crippen molar-refractivity contribution in [3.63, 3.8) is 0 Å². The first-order valence-corrected chi connectivity index (χ1v) is 17.2. The van der Waals surface area contributed by atoms with E-state index in [-0.39, 0.29) is 5.97 Å². The maximum Gasteiger partial charge on any atom is 0.313 e. The van der Waals surface area contributed by atoms with Gasteiger partial charge in [0.15, 0.2) is 0 Å². The van der Waals surface area contributed by atoms with Crippen LogP contribution in [0.15, 0.2) is 60.8 Å². The molecular weight excluding hydrogens is 504 g/mol. The van der Waals surface area contributed by atoms with Crippen molar-refractivity contribution >= 4 is 11.9 Å². The van der Waals surface area contributed by atoms with Crippen LogP contribution < -0.4 is 0 Å². The number of hydrogen-bond donors (Lipinski definition) is 0. The van der Waals surface area contributed by atoms with Crippen LogP contribution in [0, 0.1) is 0 Å². The molecule has 41 heavy (non-hydrogen) atoms. The van der Waals surface area contributed by atoms with Crippen molar-refractivity contribution in [2.24, 2.45) is 0 Å². The van der Waals surface area contributed by atoms with Gasteiger partial charge in [0, 0.05) is 12.8 Å². The maximum absolute atomic E-state index is 11.9. The monoisotopic (exact) mass is 568 g/mol. The molecule has 0 bridgehead atoms. The summed E-state index contributed by atoms with van der Waals surface area (Å²) < 4.78 is 4.97. The number of ether oxygens (including phenoxy) is 1. The van der Waals surface area contributed by atoms with Gasteiger partial charge in [0.1, 0.15) is 0 Å². The number of unbranched alkanes of at least 4 members (excludes halogenated alkanes) is 15. The lowest BCUT2D eigenvalue weighted by atomic mass is 10.1. The van der Waals surface area contributed by atoms with Crippen molar-refractivity contribution in [3.05, 3.63) is 60.8 Å². The smallest absolute Gasteiger partial charge is 0.313 e. The van der Waals surface area contributed by atoms with Crippen LogP contribution in [0.4, 0.5) is 0 Å². The molecule has 0 amide bonds. The Hall–Kier alpha value is -2.16. The molecule has 0 atom stereocenters. The first-order valence-electron chi connectivity index (χ1n) is 17.2. The van der Waals surface area contributed by atoms with Gasteiger partial charge < -0.3 is 4.74 Å². The average molecular weight is 569 g/mol. The zero-order chi connectivity index (χ0) is 29.9. The predicted molar refractivity (Wildman–Crippen MR) is 179 cm³/mol. The van der Waals surface area contributed by atoms with Crippen LogP contribution in [0.2, 0.25) is 0 Å². The number of hydrogen-bond acceptors (Lipinski definition) is 3. The Labute approximate surface area is 254 Å². The fraction of sp³-hybridized carbons (Fsp3) is 0.684. The van der Waals surface area contributed by atoms with Gasteiger partial charge >= 0.3 is 11.9 Å². The van der Waals surface area contributed by atoms with E-state index >= 15 is 0 Å². The fourth-order valence-corrected chi connectivity index (χ4v) is 4.49. The summed E-state index contributed by atoms with van der Waals surface area (Å²) in [7, 11) is 0. The molecule has 0 aromatic carbocycles. The Kier molecular flexibility index (Phi) is 32.2. The summed E-state index contributed by atoms with van der Waals surface area (Å²) in [4.78, 5) is 23.8. The van der Waals surface area contributed by atoms with Crippen molar-refractivity contribution in [2.75, 3.05) is 0 Å². The van der Waals surface area contributed by atoms with Gasteiger partial charge in [0.05, 0.1) is 0 Å². The lowest BCUT2D eigenvalue weighted by molar-refractivity contribution is -0.159. The van der Waals surface area contributed by atoms with Crippen LogP contribution in [-0.2, 0) is 14.3 Å². The fourth-order valence-electron chi connectivity index (χ4n) is 4.49. The quantitative estimate of drug-likeness (QED) is 0.0390. The molecule has 0 aliphatic rings. The largest absolute Gasteiger partial charge is 0.393 e. The molecule has 0 spiro atoms. The second kappa shape index (κ2) is 34.0. The minimum absolute atomic E-state index is 0.302. The number of esters is 2. The highest BCUT2D eigenvalue weighted by Gasteiger charge is 2.09. The van der Waals surface area contributed by atoms with E-state index in [0.29, 0.717) is 19.3 Å². The van der Waals surface area contributed by atoms with Gasteiger partial charge in [-0.15, -0.1) is 0 Å². The van der Waals surface area contributed by atoms with Crippen LogP contribution in [0.1, 0.15) is 168 Å². The zero-order valence-electron chi connectivity index (χ0n) is 27.0. The molecule has 0 unspecified atom stereocenters. The van der Waals surface area contributed by atoms with E-state index in [4.69, 9.17) is 4.74 Å². The summed E-state index contributed by atoms with van der Waals surface area (Å²) in [6.45, 7) is 4.50. The van der Waals surface area contributed by atoms with Gasteiger partial charge in [-0.05, 0) is 77.0 Å². The molecular formula is C38H64O3. The standard InChI is InChI=1S/C38H64O3/c1-3-5-7-9-11-13-15-17-19-20-22-24-26-28-30-32-34-36-38(40)41-37(39)35-33-31-29-27-25-23-21-18-16-14-12-10-8-6-4-2/h11,13,17-19,21-22,24,28,30H,3-10,12,14-16,20,23,25-27,29,31-36H2,1-2H3/b13-11?,19-17?,21-18-,24-22?,30-28?. The van der Waals surface area contributed by atoms with Gasteiger partial charge in [0.2, 0.25) is 0 Å². The lowest BCUT2D eigenvalue weighted by Gasteiger charge is -2.03. The average Bonchev–Trinajstić information content (AvgIpc) is 2.96.